The number of hydrogen-bond acceptors (Lipinski definition) is 3. The first-order valence-electron chi connectivity index (χ1n) is 4.04. The number of ketones is 1. The summed E-state index contributed by atoms with van der Waals surface area (Å²) >= 11 is 0. The third-order valence-corrected chi connectivity index (χ3v) is 0.942. The van der Waals surface area contributed by atoms with E-state index in [1.807, 2.05) is 13.8 Å². The van der Waals surface area contributed by atoms with E-state index in [-0.39, 0.29) is 17.9 Å². The third-order valence-electron chi connectivity index (χ3n) is 0.942. The molecule has 0 aromatic carbocycles. The van der Waals surface area contributed by atoms with E-state index in [4.69, 9.17) is 4.74 Å². The summed E-state index contributed by atoms with van der Waals surface area (Å²) in [6.45, 7) is 8.33. The number of Topliss-reactive ketones (excluding diaryl/α,β-unsaturated/α-hetero) is 1. The summed E-state index contributed by atoms with van der Waals surface area (Å²) in [4.78, 5) is 19.6. The molecule has 0 saturated carbocycles. The molecule has 0 aromatic rings. The van der Waals surface area contributed by atoms with Gasteiger partial charge in [-0.05, 0) is 27.2 Å². The van der Waals surface area contributed by atoms with E-state index >= 15 is 0 Å². The second kappa shape index (κ2) is 8.24. The summed E-state index contributed by atoms with van der Waals surface area (Å²) in [7, 11) is 0. The summed E-state index contributed by atoms with van der Waals surface area (Å²) in [5.74, 6) is -0.0284. The van der Waals surface area contributed by atoms with Crippen LogP contribution in [-0.2, 0) is 14.3 Å². The van der Waals surface area contributed by atoms with Crippen molar-refractivity contribution in [3.63, 3.8) is 0 Å². The molecule has 0 fully saturated rings. The molecule has 72 valence electrons. The lowest BCUT2D eigenvalue weighted by Crippen LogP contribution is -2.09. The van der Waals surface area contributed by atoms with Gasteiger partial charge >= 0.3 is 5.97 Å². The van der Waals surface area contributed by atoms with Crippen LogP contribution in [0.5, 0.6) is 0 Å². The Morgan fingerprint density at radius 2 is 1.58 bits per heavy atom. The summed E-state index contributed by atoms with van der Waals surface area (Å²) < 4.78 is 4.76. The molecule has 3 heteroatoms. The second-order valence-electron chi connectivity index (χ2n) is 2.74. The van der Waals surface area contributed by atoms with Crippen LogP contribution < -0.4 is 0 Å². The van der Waals surface area contributed by atoms with E-state index in [1.165, 1.54) is 20.8 Å². The van der Waals surface area contributed by atoms with E-state index in [0.29, 0.717) is 0 Å². The quantitative estimate of drug-likeness (QED) is 0.601. The fraction of sp³-hybridized carbons (Fsp3) is 0.778. The fourth-order valence-electron chi connectivity index (χ4n) is 0.367. The molecule has 0 aromatic heterocycles. The lowest BCUT2D eigenvalue weighted by Gasteiger charge is -2.06. The van der Waals surface area contributed by atoms with Crippen LogP contribution in [0.2, 0.25) is 0 Å². The smallest absolute Gasteiger partial charge is 0.302 e. The van der Waals surface area contributed by atoms with Crippen molar-refractivity contribution in [2.24, 2.45) is 0 Å². The van der Waals surface area contributed by atoms with Crippen LogP contribution in [0.4, 0.5) is 0 Å². The summed E-state index contributed by atoms with van der Waals surface area (Å²) in [6, 6.07) is 0. The van der Waals surface area contributed by atoms with Gasteiger partial charge in [-0.1, -0.05) is 6.92 Å². The highest BCUT2D eigenvalue weighted by Gasteiger charge is 1.99. The Morgan fingerprint density at radius 3 is 1.67 bits per heavy atom. The highest BCUT2D eigenvalue weighted by atomic mass is 16.5. The van der Waals surface area contributed by atoms with E-state index in [1.54, 1.807) is 0 Å². The average Bonchev–Trinajstić information content (AvgIpc) is 1.84. The molecule has 0 rings (SSSR count). The molecule has 0 aliphatic rings. The number of rotatable bonds is 2. The molecule has 0 saturated heterocycles. The first kappa shape index (κ1) is 13.7. The van der Waals surface area contributed by atoms with Crippen molar-refractivity contribution >= 4 is 11.8 Å². The summed E-state index contributed by atoms with van der Waals surface area (Å²) in [6.07, 6.45) is 0.965. The standard InChI is InChI=1S/C6H12O2.C3H6O/c1-4-5(2)8-6(3)7;1-3(2)4/h5H,4H2,1-3H3;1-2H3. The van der Waals surface area contributed by atoms with Gasteiger partial charge in [-0.2, -0.15) is 0 Å². The Bertz CT molecular complexity index is 137. The third kappa shape index (κ3) is 22.9. The van der Waals surface area contributed by atoms with Gasteiger partial charge in [0.15, 0.2) is 0 Å². The van der Waals surface area contributed by atoms with Crippen molar-refractivity contribution in [3.8, 4) is 0 Å². The summed E-state index contributed by atoms with van der Waals surface area (Å²) in [5, 5.41) is 0. The Hall–Kier alpha value is -0.860. The zero-order chi connectivity index (χ0) is 10.1. The van der Waals surface area contributed by atoms with Crippen molar-refractivity contribution in [2.75, 3.05) is 0 Å². The van der Waals surface area contributed by atoms with Gasteiger partial charge in [0.1, 0.15) is 5.78 Å². The molecule has 12 heavy (non-hydrogen) atoms. The number of hydrogen-bond donors (Lipinski definition) is 0. The van der Waals surface area contributed by atoms with E-state index in [2.05, 4.69) is 0 Å². The van der Waals surface area contributed by atoms with Crippen LogP contribution in [0.1, 0.15) is 41.0 Å². The topological polar surface area (TPSA) is 43.4 Å². The minimum Gasteiger partial charge on any atom is -0.463 e. The molecule has 0 aliphatic heterocycles. The first-order valence-corrected chi connectivity index (χ1v) is 4.04. The van der Waals surface area contributed by atoms with Crippen LogP contribution in [0.15, 0.2) is 0 Å². The highest BCUT2D eigenvalue weighted by Crippen LogP contribution is 1.94. The SMILES string of the molecule is CC(C)=O.CCC(C)OC(C)=O. The lowest BCUT2D eigenvalue weighted by atomic mass is 10.3. The molecule has 0 spiro atoms. The number of carbonyl (C=O) groups is 2. The predicted molar refractivity (Wildman–Crippen MR) is 47.9 cm³/mol. The van der Waals surface area contributed by atoms with Crippen LogP contribution in [0.3, 0.4) is 0 Å². The van der Waals surface area contributed by atoms with Crippen molar-refractivity contribution in [3.05, 3.63) is 0 Å². The van der Waals surface area contributed by atoms with E-state index in [9.17, 15) is 9.59 Å². The van der Waals surface area contributed by atoms with Gasteiger partial charge in [0.25, 0.3) is 0 Å². The predicted octanol–water partition coefficient (Wildman–Crippen LogP) is 1.94. The monoisotopic (exact) mass is 174 g/mol. The van der Waals surface area contributed by atoms with Crippen LogP contribution in [-0.4, -0.2) is 17.9 Å². The molecular weight excluding hydrogens is 156 g/mol. The Labute approximate surface area is 74.1 Å². The van der Waals surface area contributed by atoms with Crippen molar-refractivity contribution in [1.29, 1.82) is 0 Å². The van der Waals surface area contributed by atoms with Crippen LogP contribution in [0.25, 0.3) is 0 Å². The molecule has 0 amide bonds. The van der Waals surface area contributed by atoms with Crippen molar-refractivity contribution < 1.29 is 14.3 Å². The molecule has 1 atom stereocenters. The average molecular weight is 174 g/mol. The van der Waals surface area contributed by atoms with E-state index < -0.39 is 0 Å². The maximum Gasteiger partial charge on any atom is 0.302 e. The van der Waals surface area contributed by atoms with Crippen LogP contribution in [0, 0.1) is 0 Å². The van der Waals surface area contributed by atoms with Gasteiger partial charge in [0.2, 0.25) is 0 Å². The molecule has 0 radical (unpaired) electrons. The molecular formula is C9H18O3. The molecule has 3 nitrogen and oxygen atoms in total. The zero-order valence-corrected chi connectivity index (χ0v) is 8.51. The number of esters is 1. The molecule has 0 N–H and O–H groups in total. The second-order valence-corrected chi connectivity index (χ2v) is 2.74. The lowest BCUT2D eigenvalue weighted by molar-refractivity contribution is -0.145. The number of carbonyl (C=O) groups excluding carboxylic acids is 2. The largest absolute Gasteiger partial charge is 0.463 e. The Balaban J connectivity index is 0. The zero-order valence-electron chi connectivity index (χ0n) is 8.51. The maximum atomic E-state index is 10.2. The van der Waals surface area contributed by atoms with Crippen LogP contribution >= 0.6 is 0 Å². The van der Waals surface area contributed by atoms with Gasteiger partial charge in [-0.15, -0.1) is 0 Å². The van der Waals surface area contributed by atoms with Gasteiger partial charge in [0, 0.05) is 6.92 Å². The Kier molecular flexibility index (Phi) is 9.41. The summed E-state index contributed by atoms with van der Waals surface area (Å²) in [5.41, 5.74) is 0. The van der Waals surface area contributed by atoms with Gasteiger partial charge in [-0.25, -0.2) is 0 Å². The fourth-order valence-corrected chi connectivity index (χ4v) is 0.367. The first-order chi connectivity index (χ1) is 5.40. The number of ether oxygens (including phenoxy) is 1. The van der Waals surface area contributed by atoms with Gasteiger partial charge < -0.3 is 9.53 Å². The molecule has 0 aliphatic carbocycles. The van der Waals surface area contributed by atoms with Gasteiger partial charge in [-0.3, -0.25) is 4.79 Å². The molecule has 1 unspecified atom stereocenters. The Morgan fingerprint density at radius 1 is 1.25 bits per heavy atom. The minimum absolute atomic E-state index is 0.0764. The van der Waals surface area contributed by atoms with E-state index in [0.717, 1.165) is 6.42 Å². The van der Waals surface area contributed by atoms with Gasteiger partial charge in [0.05, 0.1) is 6.10 Å². The maximum absolute atomic E-state index is 10.2. The minimum atomic E-state index is -0.195. The van der Waals surface area contributed by atoms with Crippen molar-refractivity contribution in [2.45, 2.75) is 47.1 Å². The van der Waals surface area contributed by atoms with Crippen molar-refractivity contribution in [1.82, 2.24) is 0 Å². The molecule has 0 bridgehead atoms. The highest BCUT2D eigenvalue weighted by molar-refractivity contribution is 5.72. The molecule has 0 heterocycles. The normalized spacial score (nSPS) is 10.8.